The number of alkyl carbamates (subject to hydrolysis) is 1. The van der Waals surface area contributed by atoms with Gasteiger partial charge in [-0.15, -0.1) is 11.3 Å². The highest BCUT2D eigenvalue weighted by Crippen LogP contribution is 2.28. The van der Waals surface area contributed by atoms with E-state index in [1.165, 1.54) is 23.5 Å². The Morgan fingerprint density at radius 1 is 1.37 bits per heavy atom. The molecule has 2 aromatic rings. The molecule has 0 unspecified atom stereocenters. The number of ether oxygens (including phenoxy) is 1. The molecule has 0 aliphatic carbocycles. The molecule has 2 amide bonds. The molecule has 0 radical (unpaired) electrons. The average molecular weight is 433 g/mol. The van der Waals surface area contributed by atoms with Crippen LogP contribution in [0.5, 0.6) is 0 Å². The van der Waals surface area contributed by atoms with Gasteiger partial charge in [0.05, 0.1) is 11.0 Å². The summed E-state index contributed by atoms with van der Waals surface area (Å²) < 4.78 is 5.29. The Hall–Kier alpha value is -3.01. The first-order chi connectivity index (χ1) is 14.0. The summed E-state index contributed by atoms with van der Waals surface area (Å²) >= 11 is 1.26. The van der Waals surface area contributed by atoms with E-state index >= 15 is 0 Å². The molecular formula is C20H24N4O5S. The van der Waals surface area contributed by atoms with Crippen molar-refractivity contribution < 1.29 is 19.2 Å². The quantitative estimate of drug-likeness (QED) is 0.580. The molecule has 1 N–H and O–H groups in total. The zero-order valence-corrected chi connectivity index (χ0v) is 18.1. The van der Waals surface area contributed by atoms with Crippen LogP contribution in [0.1, 0.15) is 44.6 Å². The van der Waals surface area contributed by atoms with Gasteiger partial charge in [-0.1, -0.05) is 12.1 Å². The first-order valence-corrected chi connectivity index (χ1v) is 10.4. The number of carbonyl (C=O) groups excluding carboxylic acids is 2. The SMILES string of the molecule is C[C@H]1[C@H](NC(=O)OC(C)(C)C)CCN1C(=O)c1csc(-c2cccc([N+](=O)[O-])c2)n1. The zero-order valence-electron chi connectivity index (χ0n) is 17.2. The van der Waals surface area contributed by atoms with Crippen molar-refractivity contribution in [2.75, 3.05) is 6.54 Å². The van der Waals surface area contributed by atoms with Gasteiger partial charge < -0.3 is 15.0 Å². The van der Waals surface area contributed by atoms with Gasteiger partial charge in [-0.25, -0.2) is 9.78 Å². The minimum atomic E-state index is -0.592. The van der Waals surface area contributed by atoms with Gasteiger partial charge >= 0.3 is 6.09 Å². The summed E-state index contributed by atoms with van der Waals surface area (Å²) in [4.78, 5) is 41.6. The van der Waals surface area contributed by atoms with Crippen LogP contribution in [-0.2, 0) is 4.74 Å². The number of nitrogens with one attached hydrogen (secondary N) is 1. The number of likely N-dealkylation sites (tertiary alicyclic amines) is 1. The highest BCUT2D eigenvalue weighted by Gasteiger charge is 2.36. The van der Waals surface area contributed by atoms with Gasteiger partial charge in [0.15, 0.2) is 0 Å². The van der Waals surface area contributed by atoms with E-state index in [4.69, 9.17) is 4.74 Å². The van der Waals surface area contributed by atoms with E-state index in [0.29, 0.717) is 23.5 Å². The number of nitro groups is 1. The summed E-state index contributed by atoms with van der Waals surface area (Å²) in [6, 6.07) is 5.73. The lowest BCUT2D eigenvalue weighted by Gasteiger charge is -2.26. The van der Waals surface area contributed by atoms with Gasteiger partial charge in [-0.2, -0.15) is 0 Å². The van der Waals surface area contributed by atoms with Crippen LogP contribution in [0.15, 0.2) is 29.6 Å². The molecule has 1 aliphatic rings. The van der Waals surface area contributed by atoms with E-state index in [1.807, 2.05) is 6.92 Å². The Morgan fingerprint density at radius 2 is 2.10 bits per heavy atom. The zero-order chi connectivity index (χ0) is 22.1. The van der Waals surface area contributed by atoms with Crippen molar-refractivity contribution in [1.82, 2.24) is 15.2 Å². The maximum absolute atomic E-state index is 13.0. The van der Waals surface area contributed by atoms with Crippen molar-refractivity contribution in [2.24, 2.45) is 0 Å². The van der Waals surface area contributed by atoms with Crippen molar-refractivity contribution in [3.05, 3.63) is 45.5 Å². The second-order valence-electron chi connectivity index (χ2n) is 8.13. The minimum Gasteiger partial charge on any atom is -0.444 e. The molecule has 1 aromatic heterocycles. The number of rotatable bonds is 4. The van der Waals surface area contributed by atoms with Crippen LogP contribution in [-0.4, -0.2) is 51.0 Å². The molecule has 1 aromatic carbocycles. The molecule has 3 rings (SSSR count). The minimum absolute atomic E-state index is 0.0280. The lowest BCUT2D eigenvalue weighted by Crippen LogP contribution is -2.46. The third-order valence-electron chi connectivity index (χ3n) is 4.75. The predicted molar refractivity (Wildman–Crippen MR) is 112 cm³/mol. The second-order valence-corrected chi connectivity index (χ2v) is 8.98. The molecule has 10 heteroatoms. The predicted octanol–water partition coefficient (Wildman–Crippen LogP) is 3.85. The normalized spacial score (nSPS) is 18.9. The number of aromatic nitrogens is 1. The molecular weight excluding hydrogens is 408 g/mol. The summed E-state index contributed by atoms with van der Waals surface area (Å²) in [7, 11) is 0. The van der Waals surface area contributed by atoms with Crippen molar-refractivity contribution in [3.8, 4) is 10.6 Å². The number of carbonyl (C=O) groups is 2. The Bertz CT molecular complexity index is 968. The number of amides is 2. The van der Waals surface area contributed by atoms with Crippen LogP contribution in [0.4, 0.5) is 10.5 Å². The number of hydrogen-bond donors (Lipinski definition) is 1. The molecule has 2 atom stereocenters. The molecule has 1 saturated heterocycles. The molecule has 1 aliphatic heterocycles. The fourth-order valence-electron chi connectivity index (χ4n) is 3.28. The molecule has 30 heavy (non-hydrogen) atoms. The van der Waals surface area contributed by atoms with Crippen LogP contribution in [0, 0.1) is 10.1 Å². The van der Waals surface area contributed by atoms with Gasteiger partial charge in [0.2, 0.25) is 0 Å². The van der Waals surface area contributed by atoms with Crippen LogP contribution < -0.4 is 5.32 Å². The smallest absolute Gasteiger partial charge is 0.407 e. The Labute approximate surface area is 178 Å². The number of non-ortho nitro benzene ring substituents is 1. The van der Waals surface area contributed by atoms with Crippen molar-refractivity contribution in [2.45, 2.75) is 51.8 Å². The molecule has 0 spiro atoms. The maximum atomic E-state index is 13.0. The summed E-state index contributed by atoms with van der Waals surface area (Å²) in [6.07, 6.45) is 0.115. The highest BCUT2D eigenvalue weighted by atomic mass is 32.1. The van der Waals surface area contributed by atoms with E-state index in [2.05, 4.69) is 10.3 Å². The topological polar surface area (TPSA) is 115 Å². The number of hydrogen-bond acceptors (Lipinski definition) is 7. The first kappa shape index (κ1) is 21.7. The molecule has 9 nitrogen and oxygen atoms in total. The van der Waals surface area contributed by atoms with Gasteiger partial charge in [-0.3, -0.25) is 14.9 Å². The van der Waals surface area contributed by atoms with Gasteiger partial charge in [0.1, 0.15) is 16.3 Å². The fraction of sp³-hybridized carbons (Fsp3) is 0.450. The Morgan fingerprint density at radius 3 is 2.77 bits per heavy atom. The lowest BCUT2D eigenvalue weighted by molar-refractivity contribution is -0.384. The van der Waals surface area contributed by atoms with Gasteiger partial charge in [-0.05, 0) is 34.1 Å². The standard InChI is InChI=1S/C20H24N4O5S/c1-12-15(22-19(26)29-20(2,3)4)8-9-23(12)18(25)16-11-30-17(21-16)13-6-5-7-14(10-13)24(27)28/h5-7,10-12,15H,8-9H2,1-4H3,(H,22,26)/t12-,15+/m0/s1. The lowest BCUT2D eigenvalue weighted by atomic mass is 10.1. The van der Waals surface area contributed by atoms with E-state index in [1.54, 1.807) is 43.2 Å². The van der Waals surface area contributed by atoms with E-state index in [9.17, 15) is 19.7 Å². The summed E-state index contributed by atoms with van der Waals surface area (Å²) in [5, 5.41) is 16.0. The van der Waals surface area contributed by atoms with Crippen LogP contribution in [0.2, 0.25) is 0 Å². The number of nitro benzene ring substituents is 1. The maximum Gasteiger partial charge on any atom is 0.407 e. The van der Waals surface area contributed by atoms with Crippen LogP contribution in [0.25, 0.3) is 10.6 Å². The Kier molecular flexibility index (Phi) is 6.06. The third kappa shape index (κ3) is 4.93. The molecule has 0 bridgehead atoms. The Balaban J connectivity index is 1.68. The summed E-state index contributed by atoms with van der Waals surface area (Å²) in [5.74, 6) is -0.232. The molecule has 1 fully saturated rings. The van der Waals surface area contributed by atoms with Crippen molar-refractivity contribution in [3.63, 3.8) is 0 Å². The largest absolute Gasteiger partial charge is 0.444 e. The second kappa shape index (κ2) is 8.39. The molecule has 2 heterocycles. The number of nitrogens with zero attached hydrogens (tertiary/aromatic N) is 3. The van der Waals surface area contributed by atoms with Crippen LogP contribution >= 0.6 is 11.3 Å². The third-order valence-corrected chi connectivity index (χ3v) is 5.64. The number of benzene rings is 1. The van der Waals surface area contributed by atoms with Gasteiger partial charge in [0.25, 0.3) is 11.6 Å². The highest BCUT2D eigenvalue weighted by molar-refractivity contribution is 7.13. The van der Waals surface area contributed by atoms with Crippen LogP contribution in [0.3, 0.4) is 0 Å². The van der Waals surface area contributed by atoms with Crippen molar-refractivity contribution >= 4 is 29.0 Å². The molecule has 160 valence electrons. The first-order valence-electron chi connectivity index (χ1n) is 9.56. The average Bonchev–Trinajstić information content (AvgIpc) is 3.28. The van der Waals surface area contributed by atoms with E-state index < -0.39 is 16.6 Å². The van der Waals surface area contributed by atoms with Gasteiger partial charge in [0, 0.05) is 35.7 Å². The van der Waals surface area contributed by atoms with Crippen molar-refractivity contribution in [1.29, 1.82) is 0 Å². The van der Waals surface area contributed by atoms with E-state index in [-0.39, 0.29) is 29.4 Å². The summed E-state index contributed by atoms with van der Waals surface area (Å²) in [5.41, 5.74) is 0.253. The number of thiazole rings is 1. The van der Waals surface area contributed by atoms with E-state index in [0.717, 1.165) is 0 Å². The fourth-order valence-corrected chi connectivity index (χ4v) is 4.07. The summed E-state index contributed by atoms with van der Waals surface area (Å²) in [6.45, 7) is 7.75. The monoisotopic (exact) mass is 432 g/mol. The molecule has 0 saturated carbocycles.